The molecule has 0 saturated heterocycles. The molecule has 234 valence electrons. The van der Waals surface area contributed by atoms with Crippen molar-refractivity contribution in [2.24, 2.45) is 0 Å². The minimum atomic E-state index is 0.676. The van der Waals surface area contributed by atoms with Crippen LogP contribution in [0.5, 0.6) is 0 Å². The van der Waals surface area contributed by atoms with Gasteiger partial charge in [0.1, 0.15) is 5.52 Å². The van der Waals surface area contributed by atoms with Crippen molar-refractivity contribution in [3.8, 4) is 67.3 Å². The summed E-state index contributed by atoms with van der Waals surface area (Å²) in [6, 6.07) is 65.8. The lowest BCUT2D eigenvalue weighted by atomic mass is 9.92. The van der Waals surface area contributed by atoms with Gasteiger partial charge in [-0.15, -0.1) is 0 Å². The van der Waals surface area contributed by atoms with Crippen molar-refractivity contribution in [1.29, 1.82) is 0 Å². The lowest BCUT2D eigenvalue weighted by Gasteiger charge is -2.14. The molecule has 9 rings (SSSR count). The number of benzene rings is 7. The Labute approximate surface area is 291 Å². The van der Waals surface area contributed by atoms with E-state index in [1.54, 1.807) is 0 Å². The van der Waals surface area contributed by atoms with Crippen LogP contribution in [-0.2, 0) is 0 Å². The van der Waals surface area contributed by atoms with Crippen LogP contribution < -0.4 is 0 Å². The predicted octanol–water partition coefficient (Wildman–Crippen LogP) is 12.2. The Bertz CT molecular complexity index is 2560. The van der Waals surface area contributed by atoms with Gasteiger partial charge < -0.3 is 0 Å². The number of rotatable bonds is 6. The summed E-state index contributed by atoms with van der Waals surface area (Å²) in [5.41, 5.74) is 13.6. The highest BCUT2D eigenvalue weighted by atomic mass is 14.9. The second kappa shape index (κ2) is 12.7. The van der Waals surface area contributed by atoms with Crippen molar-refractivity contribution in [2.75, 3.05) is 0 Å². The van der Waals surface area contributed by atoms with Gasteiger partial charge in [0.05, 0.1) is 16.9 Å². The normalized spacial score (nSPS) is 11.2. The number of hydrogen-bond acceptors (Lipinski definition) is 3. The van der Waals surface area contributed by atoms with Crippen LogP contribution in [0.25, 0.3) is 89.1 Å². The standard InChI is InChI=1S/C47H31N3/c1-5-14-32(15-6-1)39-29-40(33-16-7-2-8-17-33)31-41(30-39)37-22-13-23-38(28-37)44-42-26-24-35-25-27-43(34-18-9-3-10-19-34)48-45(35)46(42)50-47(49-44)36-20-11-4-12-21-36/h1-31H. The molecule has 0 N–H and O–H groups in total. The summed E-state index contributed by atoms with van der Waals surface area (Å²) >= 11 is 0. The first-order chi connectivity index (χ1) is 24.8. The fourth-order valence-corrected chi connectivity index (χ4v) is 6.72. The molecule has 9 aromatic rings. The van der Waals surface area contributed by atoms with Crippen molar-refractivity contribution in [1.82, 2.24) is 15.0 Å². The summed E-state index contributed by atoms with van der Waals surface area (Å²) in [4.78, 5) is 15.6. The van der Waals surface area contributed by atoms with E-state index in [9.17, 15) is 0 Å². The van der Waals surface area contributed by atoms with Crippen molar-refractivity contribution >= 4 is 21.8 Å². The predicted molar refractivity (Wildman–Crippen MR) is 207 cm³/mol. The number of aromatic nitrogens is 3. The van der Waals surface area contributed by atoms with Crippen molar-refractivity contribution in [2.45, 2.75) is 0 Å². The molecule has 2 aromatic heterocycles. The molecule has 0 aliphatic heterocycles. The van der Waals surface area contributed by atoms with E-state index in [-0.39, 0.29) is 0 Å². The first-order valence-corrected chi connectivity index (χ1v) is 16.9. The van der Waals surface area contributed by atoms with Crippen molar-refractivity contribution in [3.63, 3.8) is 0 Å². The molecule has 3 nitrogen and oxygen atoms in total. The molecule has 0 atom stereocenters. The van der Waals surface area contributed by atoms with Gasteiger partial charge in [-0.2, -0.15) is 0 Å². The Hall–Kier alpha value is -6.71. The molecule has 0 fully saturated rings. The summed E-state index contributed by atoms with van der Waals surface area (Å²) in [6.45, 7) is 0. The van der Waals surface area contributed by atoms with Crippen molar-refractivity contribution < 1.29 is 0 Å². The zero-order valence-electron chi connectivity index (χ0n) is 27.2. The Kier molecular flexibility index (Phi) is 7.49. The van der Waals surface area contributed by atoms with E-state index in [1.165, 1.54) is 22.3 Å². The molecule has 0 amide bonds. The highest BCUT2D eigenvalue weighted by Gasteiger charge is 2.16. The average Bonchev–Trinajstić information content (AvgIpc) is 3.21. The largest absolute Gasteiger partial charge is 0.245 e. The fourth-order valence-electron chi connectivity index (χ4n) is 6.72. The minimum Gasteiger partial charge on any atom is -0.245 e. The first-order valence-electron chi connectivity index (χ1n) is 16.9. The van der Waals surface area contributed by atoms with Gasteiger partial charge in [-0.25, -0.2) is 15.0 Å². The van der Waals surface area contributed by atoms with E-state index < -0.39 is 0 Å². The Balaban J connectivity index is 1.25. The molecule has 7 aromatic carbocycles. The van der Waals surface area contributed by atoms with Gasteiger partial charge in [0.2, 0.25) is 0 Å². The summed E-state index contributed by atoms with van der Waals surface area (Å²) < 4.78 is 0. The number of hydrogen-bond donors (Lipinski definition) is 0. The lowest BCUT2D eigenvalue weighted by Crippen LogP contribution is -1.97. The third kappa shape index (κ3) is 5.61. The quantitative estimate of drug-likeness (QED) is 0.170. The van der Waals surface area contributed by atoms with Crippen LogP contribution in [0.4, 0.5) is 0 Å². The van der Waals surface area contributed by atoms with E-state index in [0.29, 0.717) is 5.82 Å². The molecule has 2 heterocycles. The third-order valence-electron chi connectivity index (χ3n) is 9.24. The van der Waals surface area contributed by atoms with Gasteiger partial charge in [-0.1, -0.05) is 152 Å². The maximum absolute atomic E-state index is 5.25. The Morgan fingerprint density at radius 3 is 1.38 bits per heavy atom. The van der Waals surface area contributed by atoms with E-state index in [4.69, 9.17) is 15.0 Å². The maximum atomic E-state index is 5.25. The molecule has 0 saturated carbocycles. The average molecular weight is 638 g/mol. The molecular formula is C47H31N3. The van der Waals surface area contributed by atoms with Gasteiger partial charge in [0.25, 0.3) is 0 Å². The highest BCUT2D eigenvalue weighted by Crippen LogP contribution is 2.37. The second-order valence-electron chi connectivity index (χ2n) is 12.5. The minimum absolute atomic E-state index is 0.676. The Morgan fingerprint density at radius 1 is 0.280 bits per heavy atom. The maximum Gasteiger partial charge on any atom is 0.160 e. The molecule has 0 spiro atoms. The van der Waals surface area contributed by atoms with E-state index >= 15 is 0 Å². The molecule has 0 aliphatic rings. The third-order valence-corrected chi connectivity index (χ3v) is 9.24. The van der Waals surface area contributed by atoms with Crippen LogP contribution in [-0.4, -0.2) is 15.0 Å². The van der Waals surface area contributed by atoms with Crippen LogP contribution in [0.3, 0.4) is 0 Å². The Morgan fingerprint density at radius 2 is 0.760 bits per heavy atom. The molecule has 0 unspecified atom stereocenters. The highest BCUT2D eigenvalue weighted by molar-refractivity contribution is 6.08. The smallest absolute Gasteiger partial charge is 0.160 e. The number of pyridine rings is 1. The molecule has 3 heteroatoms. The van der Waals surface area contributed by atoms with Gasteiger partial charge in [-0.3, -0.25) is 0 Å². The van der Waals surface area contributed by atoms with E-state index in [2.05, 4.69) is 152 Å². The zero-order chi connectivity index (χ0) is 33.3. The van der Waals surface area contributed by atoms with Crippen LogP contribution in [0.15, 0.2) is 188 Å². The zero-order valence-corrected chi connectivity index (χ0v) is 27.2. The molecule has 0 aliphatic carbocycles. The number of nitrogens with zero attached hydrogens (tertiary/aromatic N) is 3. The van der Waals surface area contributed by atoms with E-state index in [0.717, 1.165) is 61.0 Å². The second-order valence-corrected chi connectivity index (χ2v) is 12.5. The molecule has 0 bridgehead atoms. The van der Waals surface area contributed by atoms with Crippen LogP contribution in [0.1, 0.15) is 0 Å². The summed E-state index contributed by atoms with van der Waals surface area (Å²) in [5.74, 6) is 0.676. The molecule has 50 heavy (non-hydrogen) atoms. The van der Waals surface area contributed by atoms with Gasteiger partial charge >= 0.3 is 0 Å². The first kappa shape index (κ1) is 29.4. The van der Waals surface area contributed by atoms with Crippen LogP contribution in [0, 0.1) is 0 Å². The van der Waals surface area contributed by atoms with Crippen LogP contribution in [0.2, 0.25) is 0 Å². The topological polar surface area (TPSA) is 38.7 Å². The number of fused-ring (bicyclic) bond motifs is 3. The van der Waals surface area contributed by atoms with Crippen molar-refractivity contribution in [3.05, 3.63) is 188 Å². The van der Waals surface area contributed by atoms with E-state index in [1.807, 2.05) is 36.4 Å². The fraction of sp³-hybridized carbons (Fsp3) is 0. The molecule has 0 radical (unpaired) electrons. The lowest BCUT2D eigenvalue weighted by molar-refractivity contribution is 1.23. The SMILES string of the molecule is c1ccc(-c2cc(-c3ccccc3)cc(-c3cccc(-c4nc(-c5ccccc5)nc5c4ccc4ccc(-c6ccccc6)nc45)c3)c2)cc1. The summed E-state index contributed by atoms with van der Waals surface area (Å²) in [5, 5.41) is 2.01. The molecular weight excluding hydrogens is 607 g/mol. The van der Waals surface area contributed by atoms with Gasteiger partial charge in [-0.05, 0) is 69.8 Å². The summed E-state index contributed by atoms with van der Waals surface area (Å²) in [7, 11) is 0. The summed E-state index contributed by atoms with van der Waals surface area (Å²) in [6.07, 6.45) is 0. The monoisotopic (exact) mass is 637 g/mol. The van der Waals surface area contributed by atoms with Crippen LogP contribution >= 0.6 is 0 Å². The van der Waals surface area contributed by atoms with Gasteiger partial charge in [0, 0.05) is 27.5 Å². The van der Waals surface area contributed by atoms with Gasteiger partial charge in [0.15, 0.2) is 5.82 Å².